The normalized spacial score (nSPS) is 17.3. The number of nitro groups is 1. The molecule has 2 heterocycles. The van der Waals surface area contributed by atoms with Crippen LogP contribution >= 0.6 is 0 Å². The van der Waals surface area contributed by atoms with Crippen LogP contribution in [0.4, 0.5) is 22.7 Å². The molecule has 2 aromatic carbocycles. The molecule has 0 aromatic heterocycles. The minimum absolute atomic E-state index is 0.103. The predicted molar refractivity (Wildman–Crippen MR) is 125 cm³/mol. The number of anilines is 3. The van der Waals surface area contributed by atoms with Crippen LogP contribution in [0.1, 0.15) is 15.9 Å². The van der Waals surface area contributed by atoms with Crippen molar-refractivity contribution in [3.8, 4) is 0 Å². The van der Waals surface area contributed by atoms with Gasteiger partial charge in [0.05, 0.1) is 29.4 Å². The molecule has 0 radical (unpaired) electrons. The molecule has 0 bridgehead atoms. The van der Waals surface area contributed by atoms with E-state index in [9.17, 15) is 14.9 Å². The number of benzene rings is 2. The van der Waals surface area contributed by atoms with E-state index in [1.54, 1.807) is 6.07 Å². The lowest BCUT2D eigenvalue weighted by Crippen LogP contribution is -2.44. The molecule has 0 unspecified atom stereocenters. The molecule has 0 aliphatic carbocycles. The number of morpholine rings is 1. The molecule has 2 saturated heterocycles. The van der Waals surface area contributed by atoms with E-state index in [2.05, 4.69) is 22.2 Å². The Hall–Kier alpha value is -3.17. The number of likely N-dealkylation sites (N-methyl/N-ethyl adjacent to an activating group) is 1. The van der Waals surface area contributed by atoms with Gasteiger partial charge in [0.1, 0.15) is 0 Å². The highest BCUT2D eigenvalue weighted by Gasteiger charge is 2.23. The number of ether oxygens (including phenoxy) is 1. The number of non-ortho nitro benzene ring substituents is 1. The predicted octanol–water partition coefficient (Wildman–Crippen LogP) is 2.74. The van der Waals surface area contributed by atoms with Crippen LogP contribution in [0.25, 0.3) is 0 Å². The van der Waals surface area contributed by atoms with E-state index >= 15 is 0 Å². The molecule has 2 aliphatic heterocycles. The van der Waals surface area contributed by atoms with E-state index in [0.717, 1.165) is 31.7 Å². The Kier molecular flexibility index (Phi) is 6.57. The van der Waals surface area contributed by atoms with Gasteiger partial charge in [-0.05, 0) is 43.8 Å². The van der Waals surface area contributed by atoms with Gasteiger partial charge >= 0.3 is 0 Å². The van der Waals surface area contributed by atoms with Crippen LogP contribution in [0, 0.1) is 17.0 Å². The number of hydrogen-bond donors (Lipinski definition) is 1. The lowest BCUT2D eigenvalue weighted by Gasteiger charge is -2.35. The van der Waals surface area contributed by atoms with Crippen molar-refractivity contribution < 1.29 is 14.5 Å². The second-order valence-corrected chi connectivity index (χ2v) is 8.30. The molecule has 170 valence electrons. The number of carbonyl (C=O) groups excluding carboxylic acids is 1. The number of nitrogens with zero attached hydrogens (tertiary/aromatic N) is 4. The summed E-state index contributed by atoms with van der Waals surface area (Å²) in [4.78, 5) is 30.7. The molecular formula is C23H29N5O4. The molecular weight excluding hydrogens is 410 g/mol. The zero-order chi connectivity index (χ0) is 22.7. The largest absolute Gasteiger partial charge is 0.378 e. The third-order valence-electron chi connectivity index (χ3n) is 6.09. The number of aryl methyl sites for hydroxylation is 1. The Bertz CT molecular complexity index is 998. The van der Waals surface area contributed by atoms with Crippen LogP contribution in [0.5, 0.6) is 0 Å². The second-order valence-electron chi connectivity index (χ2n) is 8.30. The zero-order valence-electron chi connectivity index (χ0n) is 18.5. The van der Waals surface area contributed by atoms with Crippen molar-refractivity contribution in [3.05, 3.63) is 57.6 Å². The van der Waals surface area contributed by atoms with Gasteiger partial charge < -0.3 is 24.8 Å². The first-order chi connectivity index (χ1) is 15.4. The van der Waals surface area contributed by atoms with Gasteiger partial charge in [-0.1, -0.05) is 0 Å². The highest BCUT2D eigenvalue weighted by atomic mass is 16.6. The molecule has 4 rings (SSSR count). The van der Waals surface area contributed by atoms with Gasteiger partial charge in [0.25, 0.3) is 11.6 Å². The first kappa shape index (κ1) is 22.0. The molecule has 9 heteroatoms. The third-order valence-corrected chi connectivity index (χ3v) is 6.09. The van der Waals surface area contributed by atoms with Crippen molar-refractivity contribution >= 4 is 28.7 Å². The smallest absolute Gasteiger partial charge is 0.270 e. The second kappa shape index (κ2) is 9.54. The van der Waals surface area contributed by atoms with E-state index in [-0.39, 0.29) is 11.6 Å². The molecule has 2 aliphatic rings. The van der Waals surface area contributed by atoms with Crippen molar-refractivity contribution in [2.75, 3.05) is 74.6 Å². The van der Waals surface area contributed by atoms with Gasteiger partial charge in [-0.15, -0.1) is 0 Å². The summed E-state index contributed by atoms with van der Waals surface area (Å²) >= 11 is 0. The number of carbonyl (C=O) groups is 1. The van der Waals surface area contributed by atoms with Crippen LogP contribution in [0.3, 0.4) is 0 Å². The third kappa shape index (κ3) is 4.84. The topological polar surface area (TPSA) is 91.2 Å². The minimum Gasteiger partial charge on any atom is -0.378 e. The number of amides is 1. The summed E-state index contributed by atoms with van der Waals surface area (Å²) in [5.74, 6) is -0.359. The Balaban J connectivity index is 1.56. The van der Waals surface area contributed by atoms with Gasteiger partial charge in [0.15, 0.2) is 0 Å². The van der Waals surface area contributed by atoms with Crippen molar-refractivity contribution in [1.82, 2.24) is 4.90 Å². The van der Waals surface area contributed by atoms with Gasteiger partial charge in [0, 0.05) is 62.8 Å². The number of nitrogens with one attached hydrogen (secondary N) is 1. The molecule has 2 fully saturated rings. The zero-order valence-corrected chi connectivity index (χ0v) is 18.5. The highest BCUT2D eigenvalue weighted by Crippen LogP contribution is 2.29. The van der Waals surface area contributed by atoms with Gasteiger partial charge in [-0.2, -0.15) is 0 Å². The van der Waals surface area contributed by atoms with Crippen LogP contribution in [-0.2, 0) is 4.74 Å². The average Bonchev–Trinajstić information content (AvgIpc) is 2.80. The molecule has 0 atom stereocenters. The Morgan fingerprint density at radius 2 is 1.62 bits per heavy atom. The maximum atomic E-state index is 13.2. The van der Waals surface area contributed by atoms with E-state index in [0.29, 0.717) is 43.2 Å². The fourth-order valence-electron chi connectivity index (χ4n) is 4.23. The first-order valence-electron chi connectivity index (χ1n) is 10.9. The van der Waals surface area contributed by atoms with Crippen molar-refractivity contribution in [3.63, 3.8) is 0 Å². The SMILES string of the molecule is Cc1cc(NC(=O)c2cc([N+](=O)[O-])ccc2N2CCOCC2)ccc1N1CCN(C)CC1. The van der Waals surface area contributed by atoms with Crippen molar-refractivity contribution in [1.29, 1.82) is 0 Å². The fraction of sp³-hybridized carbons (Fsp3) is 0.435. The molecule has 2 aromatic rings. The average molecular weight is 440 g/mol. The quantitative estimate of drug-likeness (QED) is 0.566. The lowest BCUT2D eigenvalue weighted by atomic mass is 10.1. The van der Waals surface area contributed by atoms with E-state index in [1.165, 1.54) is 17.8 Å². The van der Waals surface area contributed by atoms with E-state index in [4.69, 9.17) is 4.74 Å². The molecule has 0 spiro atoms. The summed E-state index contributed by atoms with van der Waals surface area (Å²) in [6.45, 7) is 8.42. The first-order valence-corrected chi connectivity index (χ1v) is 10.9. The van der Waals surface area contributed by atoms with Crippen LogP contribution in [0.15, 0.2) is 36.4 Å². The Morgan fingerprint density at radius 1 is 0.969 bits per heavy atom. The minimum atomic E-state index is -0.477. The standard InChI is InChI=1S/C23H29N5O4/c1-17-15-18(3-5-21(17)26-9-7-25(2)8-10-26)24-23(29)20-16-19(28(30)31)4-6-22(20)27-11-13-32-14-12-27/h3-6,15-16H,7-14H2,1-2H3,(H,24,29). The highest BCUT2D eigenvalue weighted by molar-refractivity contribution is 6.08. The summed E-state index contributed by atoms with van der Waals surface area (Å²) in [6, 6.07) is 10.3. The summed E-state index contributed by atoms with van der Waals surface area (Å²) < 4.78 is 5.40. The lowest BCUT2D eigenvalue weighted by molar-refractivity contribution is -0.384. The Morgan fingerprint density at radius 3 is 2.28 bits per heavy atom. The van der Waals surface area contributed by atoms with Gasteiger partial charge in [-0.25, -0.2) is 0 Å². The van der Waals surface area contributed by atoms with Gasteiger partial charge in [-0.3, -0.25) is 14.9 Å². The molecule has 0 saturated carbocycles. The number of rotatable bonds is 5. The maximum Gasteiger partial charge on any atom is 0.270 e. The molecule has 9 nitrogen and oxygen atoms in total. The molecule has 32 heavy (non-hydrogen) atoms. The van der Waals surface area contributed by atoms with E-state index < -0.39 is 4.92 Å². The number of piperazine rings is 1. The summed E-state index contributed by atoms with van der Waals surface area (Å²) in [7, 11) is 2.13. The van der Waals surface area contributed by atoms with Crippen molar-refractivity contribution in [2.24, 2.45) is 0 Å². The fourth-order valence-corrected chi connectivity index (χ4v) is 4.23. The molecule has 1 amide bonds. The van der Waals surface area contributed by atoms with Crippen LogP contribution in [0.2, 0.25) is 0 Å². The van der Waals surface area contributed by atoms with E-state index in [1.807, 2.05) is 30.0 Å². The summed E-state index contributed by atoms with van der Waals surface area (Å²) in [5.41, 5.74) is 3.79. The summed E-state index contributed by atoms with van der Waals surface area (Å²) in [5, 5.41) is 14.2. The Labute approximate surface area is 187 Å². The number of nitro benzene ring substituents is 1. The van der Waals surface area contributed by atoms with Gasteiger partial charge in [0.2, 0.25) is 0 Å². The van der Waals surface area contributed by atoms with Crippen LogP contribution < -0.4 is 15.1 Å². The monoisotopic (exact) mass is 439 g/mol. The maximum absolute atomic E-state index is 13.2. The summed E-state index contributed by atoms with van der Waals surface area (Å²) in [6.07, 6.45) is 0. The number of hydrogen-bond acceptors (Lipinski definition) is 7. The molecule has 1 N–H and O–H groups in total. The van der Waals surface area contributed by atoms with Crippen LogP contribution in [-0.4, -0.2) is 75.3 Å². The van der Waals surface area contributed by atoms with Crippen molar-refractivity contribution in [2.45, 2.75) is 6.92 Å².